The molecule has 0 saturated heterocycles. The van der Waals surface area contributed by atoms with E-state index in [1.54, 1.807) is 31.4 Å². The zero-order chi connectivity index (χ0) is 14.8. The van der Waals surface area contributed by atoms with E-state index in [0.717, 1.165) is 25.0 Å². The van der Waals surface area contributed by atoms with Crippen molar-refractivity contribution in [2.45, 2.75) is 25.3 Å². The van der Waals surface area contributed by atoms with E-state index in [9.17, 15) is 4.79 Å². The lowest BCUT2D eigenvalue weighted by atomic mass is 9.99. The largest absolute Gasteiger partial charge is 0.497 e. The third kappa shape index (κ3) is 3.58. The third-order valence-corrected chi connectivity index (χ3v) is 4.57. The van der Waals surface area contributed by atoms with Gasteiger partial charge in [0, 0.05) is 16.5 Å². The smallest absolute Gasteiger partial charge is 0.257 e. The number of benzene rings is 1. The molecule has 0 spiro atoms. The molecule has 7 heteroatoms. The molecule has 1 amide bonds. The number of anilines is 1. The molecule has 2 aromatic rings. The highest BCUT2D eigenvalue weighted by Gasteiger charge is 2.21. The van der Waals surface area contributed by atoms with Crippen LogP contribution < -0.4 is 15.8 Å². The van der Waals surface area contributed by atoms with Gasteiger partial charge in [-0.1, -0.05) is 6.07 Å². The van der Waals surface area contributed by atoms with Crippen LogP contribution in [0.3, 0.4) is 0 Å². The number of ether oxygens (including phenoxy) is 1. The summed E-state index contributed by atoms with van der Waals surface area (Å²) in [6, 6.07) is 7.26. The van der Waals surface area contributed by atoms with Crippen LogP contribution in [0.2, 0.25) is 0 Å². The Balaban J connectivity index is 0.00000176. The van der Waals surface area contributed by atoms with Gasteiger partial charge in [-0.3, -0.25) is 10.1 Å². The number of amides is 1. The van der Waals surface area contributed by atoms with Crippen LogP contribution in [0, 0.1) is 0 Å². The summed E-state index contributed by atoms with van der Waals surface area (Å²) in [5.41, 5.74) is 7.59. The lowest BCUT2D eigenvalue weighted by molar-refractivity contribution is 0.102. The molecule has 1 atom stereocenters. The van der Waals surface area contributed by atoms with Crippen molar-refractivity contribution in [1.82, 2.24) is 4.98 Å². The van der Waals surface area contributed by atoms with Gasteiger partial charge in [-0.2, -0.15) is 0 Å². The Morgan fingerprint density at radius 2 is 2.32 bits per heavy atom. The number of aryl methyl sites for hydroxylation is 1. The number of aromatic nitrogens is 1. The van der Waals surface area contributed by atoms with Crippen LogP contribution >= 0.6 is 23.7 Å². The molecule has 1 aliphatic rings. The standard InChI is InChI=1S/C15H17N3O2S.ClH/c1-20-11-4-2-3-9(7-11)14(19)18-15-17-12-6-5-10(16)8-13(12)21-15;/h2-4,7,10H,5-6,8,16H2,1H3,(H,17,18,19);1H/t10-;/m0./s1. The number of hydrogen-bond acceptors (Lipinski definition) is 5. The van der Waals surface area contributed by atoms with Crippen LogP contribution in [0.1, 0.15) is 27.3 Å². The lowest BCUT2D eigenvalue weighted by Gasteiger charge is -2.15. The first-order valence-electron chi connectivity index (χ1n) is 6.85. The number of carbonyl (C=O) groups excluding carboxylic acids is 1. The zero-order valence-electron chi connectivity index (χ0n) is 12.2. The molecule has 3 N–H and O–H groups in total. The van der Waals surface area contributed by atoms with Crippen LogP contribution in [0.4, 0.5) is 5.13 Å². The minimum atomic E-state index is -0.177. The number of methoxy groups -OCH3 is 1. The Morgan fingerprint density at radius 1 is 1.50 bits per heavy atom. The van der Waals surface area contributed by atoms with Crippen molar-refractivity contribution in [3.8, 4) is 5.75 Å². The molecule has 0 aliphatic heterocycles. The number of nitrogens with zero attached hydrogens (tertiary/aromatic N) is 1. The van der Waals surface area contributed by atoms with E-state index < -0.39 is 0 Å². The molecule has 1 heterocycles. The van der Waals surface area contributed by atoms with Gasteiger partial charge in [-0.25, -0.2) is 4.98 Å². The number of nitrogens with one attached hydrogen (secondary N) is 1. The first-order chi connectivity index (χ1) is 10.2. The summed E-state index contributed by atoms with van der Waals surface area (Å²) < 4.78 is 5.13. The lowest BCUT2D eigenvalue weighted by Crippen LogP contribution is -2.27. The van der Waals surface area contributed by atoms with Gasteiger partial charge in [0.25, 0.3) is 5.91 Å². The highest BCUT2D eigenvalue weighted by molar-refractivity contribution is 7.15. The fraction of sp³-hybridized carbons (Fsp3) is 0.333. The number of thiazole rings is 1. The van der Waals surface area contributed by atoms with Gasteiger partial charge < -0.3 is 10.5 Å². The summed E-state index contributed by atoms with van der Waals surface area (Å²) in [5.74, 6) is 0.483. The molecule has 118 valence electrons. The Labute approximate surface area is 139 Å². The average Bonchev–Trinajstić information content (AvgIpc) is 2.88. The molecule has 1 aromatic heterocycles. The second-order valence-electron chi connectivity index (χ2n) is 5.08. The second kappa shape index (κ2) is 7.09. The molecule has 0 bridgehead atoms. The highest BCUT2D eigenvalue weighted by atomic mass is 35.5. The number of fused-ring (bicyclic) bond motifs is 1. The summed E-state index contributed by atoms with van der Waals surface area (Å²) >= 11 is 1.52. The fourth-order valence-electron chi connectivity index (χ4n) is 2.39. The van der Waals surface area contributed by atoms with E-state index in [1.807, 2.05) is 0 Å². The van der Waals surface area contributed by atoms with Gasteiger partial charge in [0.1, 0.15) is 5.75 Å². The number of rotatable bonds is 3. The molecule has 0 saturated carbocycles. The molecule has 22 heavy (non-hydrogen) atoms. The molecular formula is C15H18ClN3O2S. The van der Waals surface area contributed by atoms with Gasteiger partial charge in [-0.15, -0.1) is 23.7 Å². The monoisotopic (exact) mass is 339 g/mol. The van der Waals surface area contributed by atoms with Crippen LogP contribution in [0.15, 0.2) is 24.3 Å². The second-order valence-corrected chi connectivity index (χ2v) is 6.16. The summed E-state index contributed by atoms with van der Waals surface area (Å²) in [7, 11) is 1.58. The predicted molar refractivity (Wildman–Crippen MR) is 90.3 cm³/mol. The summed E-state index contributed by atoms with van der Waals surface area (Å²) in [6.45, 7) is 0. The Morgan fingerprint density at radius 3 is 3.09 bits per heavy atom. The number of halogens is 1. The van der Waals surface area contributed by atoms with Crippen LogP contribution in [0.25, 0.3) is 0 Å². The molecule has 0 fully saturated rings. The van der Waals surface area contributed by atoms with Gasteiger partial charge >= 0.3 is 0 Å². The van der Waals surface area contributed by atoms with Crippen molar-refractivity contribution >= 4 is 34.8 Å². The fourth-order valence-corrected chi connectivity index (χ4v) is 3.48. The first-order valence-corrected chi connectivity index (χ1v) is 7.67. The SMILES string of the molecule is COc1cccc(C(=O)Nc2nc3c(s2)C[C@@H](N)CC3)c1.Cl. The van der Waals surface area contributed by atoms with E-state index in [0.29, 0.717) is 16.4 Å². The maximum atomic E-state index is 12.2. The Bertz CT molecular complexity index is 675. The normalized spacial score (nSPS) is 16.4. The predicted octanol–water partition coefficient (Wildman–Crippen LogP) is 2.64. The summed E-state index contributed by atoms with van der Waals surface area (Å²) in [5, 5.41) is 3.49. The Kier molecular flexibility index (Phi) is 5.39. The third-order valence-electron chi connectivity index (χ3n) is 3.53. The van der Waals surface area contributed by atoms with Crippen molar-refractivity contribution in [2.75, 3.05) is 12.4 Å². The maximum absolute atomic E-state index is 12.2. The molecule has 5 nitrogen and oxygen atoms in total. The molecule has 1 aromatic carbocycles. The highest BCUT2D eigenvalue weighted by Crippen LogP contribution is 2.29. The van der Waals surface area contributed by atoms with Gasteiger partial charge in [0.05, 0.1) is 12.8 Å². The summed E-state index contributed by atoms with van der Waals surface area (Å²) in [4.78, 5) is 17.9. The van der Waals surface area contributed by atoms with Crippen LogP contribution in [-0.2, 0) is 12.8 Å². The van der Waals surface area contributed by atoms with Gasteiger partial charge in [-0.05, 0) is 37.5 Å². The van der Waals surface area contributed by atoms with E-state index in [2.05, 4.69) is 10.3 Å². The molecule has 1 aliphatic carbocycles. The van der Waals surface area contributed by atoms with E-state index in [4.69, 9.17) is 10.5 Å². The molecule has 0 unspecified atom stereocenters. The van der Waals surface area contributed by atoms with E-state index in [1.165, 1.54) is 16.2 Å². The van der Waals surface area contributed by atoms with Crippen LogP contribution in [0.5, 0.6) is 5.75 Å². The number of nitrogens with two attached hydrogens (primary N) is 1. The maximum Gasteiger partial charge on any atom is 0.257 e. The van der Waals surface area contributed by atoms with Crippen LogP contribution in [-0.4, -0.2) is 24.0 Å². The van der Waals surface area contributed by atoms with Crippen molar-refractivity contribution in [1.29, 1.82) is 0 Å². The Hall–Kier alpha value is -1.63. The topological polar surface area (TPSA) is 77.2 Å². The molecule has 3 rings (SSSR count). The molecular weight excluding hydrogens is 322 g/mol. The van der Waals surface area contributed by atoms with Crippen molar-refractivity contribution < 1.29 is 9.53 Å². The van der Waals surface area contributed by atoms with Gasteiger partial charge in [0.15, 0.2) is 5.13 Å². The van der Waals surface area contributed by atoms with E-state index in [-0.39, 0.29) is 24.4 Å². The quantitative estimate of drug-likeness (QED) is 0.901. The van der Waals surface area contributed by atoms with Crippen molar-refractivity contribution in [3.63, 3.8) is 0 Å². The van der Waals surface area contributed by atoms with Crippen molar-refractivity contribution in [3.05, 3.63) is 40.4 Å². The average molecular weight is 340 g/mol. The number of carbonyl (C=O) groups is 1. The molecule has 0 radical (unpaired) electrons. The first kappa shape index (κ1) is 16.7. The van der Waals surface area contributed by atoms with Gasteiger partial charge in [0.2, 0.25) is 0 Å². The minimum absolute atomic E-state index is 0. The summed E-state index contributed by atoms with van der Waals surface area (Å²) in [6.07, 6.45) is 2.70. The zero-order valence-corrected chi connectivity index (χ0v) is 13.8. The van der Waals surface area contributed by atoms with Crippen molar-refractivity contribution in [2.24, 2.45) is 5.73 Å². The van der Waals surface area contributed by atoms with E-state index >= 15 is 0 Å². The minimum Gasteiger partial charge on any atom is -0.497 e. The number of hydrogen-bond donors (Lipinski definition) is 2.